The maximum atomic E-state index is 11.3. The number of hydrogen-bond donors (Lipinski definition) is 3. The Bertz CT molecular complexity index is 303. The second-order valence-electron chi connectivity index (χ2n) is 3.95. The third kappa shape index (κ3) is 2.46. The maximum absolute atomic E-state index is 11.3. The third-order valence-corrected chi connectivity index (χ3v) is 3.85. The fraction of sp³-hybridized carbons (Fsp3) is 0.700. The van der Waals surface area contributed by atoms with Gasteiger partial charge in [0.05, 0.1) is 0 Å². The molecule has 2 atom stereocenters. The quantitative estimate of drug-likeness (QED) is 0.654. The first-order chi connectivity index (χ1) is 7.19. The van der Waals surface area contributed by atoms with Crippen molar-refractivity contribution < 1.29 is 4.79 Å². The first kappa shape index (κ1) is 10.8. The zero-order valence-corrected chi connectivity index (χ0v) is 9.69. The van der Waals surface area contributed by atoms with Gasteiger partial charge in [-0.25, -0.2) is 0 Å². The number of carbonyl (C=O) groups is 1. The lowest BCUT2D eigenvalue weighted by Crippen LogP contribution is -2.36. The summed E-state index contributed by atoms with van der Waals surface area (Å²) >= 11 is 1.68. The second kappa shape index (κ2) is 4.45. The number of rotatable bonds is 2. The van der Waals surface area contributed by atoms with E-state index in [1.807, 2.05) is 6.92 Å². The molecule has 0 aromatic heterocycles. The summed E-state index contributed by atoms with van der Waals surface area (Å²) < 4.78 is 0. The van der Waals surface area contributed by atoms with Crippen molar-refractivity contribution in [2.75, 3.05) is 0 Å². The van der Waals surface area contributed by atoms with E-state index in [-0.39, 0.29) is 11.4 Å². The predicted molar refractivity (Wildman–Crippen MR) is 61.8 cm³/mol. The molecule has 0 saturated heterocycles. The second-order valence-corrected chi connectivity index (χ2v) is 5.18. The minimum absolute atomic E-state index is 0.00984. The molecule has 1 aliphatic heterocycles. The van der Waals surface area contributed by atoms with Crippen molar-refractivity contribution in [3.63, 3.8) is 0 Å². The van der Waals surface area contributed by atoms with Crippen LogP contribution in [0.15, 0.2) is 10.6 Å². The molecule has 2 unspecified atom stereocenters. The molecule has 0 aromatic rings. The summed E-state index contributed by atoms with van der Waals surface area (Å²) in [5, 5.41) is 6.29. The Balaban J connectivity index is 1.91. The summed E-state index contributed by atoms with van der Waals surface area (Å²) in [6.45, 7) is 1.88. The van der Waals surface area contributed by atoms with E-state index in [9.17, 15) is 4.79 Å². The summed E-state index contributed by atoms with van der Waals surface area (Å²) in [6.07, 6.45) is 3.52. The van der Waals surface area contributed by atoms with Gasteiger partial charge in [-0.1, -0.05) is 18.7 Å². The third-order valence-electron chi connectivity index (χ3n) is 2.78. The molecule has 0 radical (unpaired) electrons. The molecule has 0 aromatic carbocycles. The molecule has 15 heavy (non-hydrogen) atoms. The van der Waals surface area contributed by atoms with Crippen LogP contribution in [0.3, 0.4) is 0 Å². The monoisotopic (exact) mass is 227 g/mol. The van der Waals surface area contributed by atoms with Crippen LogP contribution in [0.1, 0.15) is 32.6 Å². The van der Waals surface area contributed by atoms with Crippen molar-refractivity contribution in [2.45, 2.75) is 44.1 Å². The number of amides is 1. The predicted octanol–water partition coefficient (Wildman–Crippen LogP) is 0.855. The van der Waals surface area contributed by atoms with E-state index < -0.39 is 0 Å². The minimum Gasteiger partial charge on any atom is -0.364 e. The van der Waals surface area contributed by atoms with E-state index in [0.717, 1.165) is 19.3 Å². The Morgan fingerprint density at radius 1 is 1.73 bits per heavy atom. The van der Waals surface area contributed by atoms with Gasteiger partial charge in [0.2, 0.25) is 5.91 Å². The molecular formula is C10H17N3OS. The lowest BCUT2D eigenvalue weighted by Gasteiger charge is -2.23. The van der Waals surface area contributed by atoms with Gasteiger partial charge in [0.1, 0.15) is 5.50 Å². The van der Waals surface area contributed by atoms with Crippen LogP contribution < -0.4 is 16.4 Å². The molecule has 5 heteroatoms. The van der Waals surface area contributed by atoms with E-state index in [2.05, 4.69) is 10.6 Å². The Kier molecular flexibility index (Phi) is 3.21. The summed E-state index contributed by atoms with van der Waals surface area (Å²) in [6, 6.07) is 0.302. The molecule has 2 rings (SSSR count). The number of hydrogen-bond acceptors (Lipinski definition) is 4. The van der Waals surface area contributed by atoms with Gasteiger partial charge in [-0.3, -0.25) is 4.79 Å². The van der Waals surface area contributed by atoms with Crippen LogP contribution in [0, 0.1) is 0 Å². The van der Waals surface area contributed by atoms with Crippen LogP contribution in [0.2, 0.25) is 0 Å². The van der Waals surface area contributed by atoms with E-state index in [1.54, 1.807) is 11.8 Å². The lowest BCUT2D eigenvalue weighted by atomic mass is 9.99. The number of nitrogens with one attached hydrogen (secondary N) is 2. The van der Waals surface area contributed by atoms with Crippen molar-refractivity contribution in [3.05, 3.63) is 10.6 Å². The van der Waals surface area contributed by atoms with Crippen LogP contribution in [-0.2, 0) is 4.79 Å². The zero-order chi connectivity index (χ0) is 10.8. The zero-order valence-electron chi connectivity index (χ0n) is 8.88. The van der Waals surface area contributed by atoms with Crippen molar-refractivity contribution in [1.29, 1.82) is 0 Å². The standard InChI is InChI=1S/C10H17N3OS/c1-2-9(14)12-6-3-4-7-8(5-6)15-10(11)13-7/h6,10,13H,2-5,11H2,1H3,(H,12,14). The van der Waals surface area contributed by atoms with Gasteiger partial charge in [-0.2, -0.15) is 0 Å². The highest BCUT2D eigenvalue weighted by Gasteiger charge is 2.28. The van der Waals surface area contributed by atoms with Crippen LogP contribution in [0.5, 0.6) is 0 Å². The van der Waals surface area contributed by atoms with Crippen LogP contribution >= 0.6 is 11.8 Å². The Morgan fingerprint density at radius 2 is 2.53 bits per heavy atom. The molecular weight excluding hydrogens is 210 g/mol. The largest absolute Gasteiger partial charge is 0.364 e. The first-order valence-corrected chi connectivity index (χ1v) is 6.27. The topological polar surface area (TPSA) is 67.2 Å². The van der Waals surface area contributed by atoms with Gasteiger partial charge in [0, 0.05) is 29.5 Å². The highest BCUT2D eigenvalue weighted by atomic mass is 32.2. The van der Waals surface area contributed by atoms with Gasteiger partial charge >= 0.3 is 0 Å². The lowest BCUT2D eigenvalue weighted by molar-refractivity contribution is -0.121. The van der Waals surface area contributed by atoms with E-state index >= 15 is 0 Å². The smallest absolute Gasteiger partial charge is 0.219 e. The van der Waals surface area contributed by atoms with Gasteiger partial charge in [0.15, 0.2) is 0 Å². The summed E-state index contributed by atoms with van der Waals surface area (Å²) in [5.74, 6) is 0.143. The average molecular weight is 227 g/mol. The van der Waals surface area contributed by atoms with E-state index in [0.29, 0.717) is 12.5 Å². The molecule has 0 bridgehead atoms. The SMILES string of the molecule is CCC(=O)NC1CCC2=C(C1)SC(N)N2. The Hall–Kier alpha value is -0.680. The molecule has 0 fully saturated rings. The number of allylic oxidation sites excluding steroid dienone is 1. The fourth-order valence-corrected chi connectivity index (χ4v) is 3.09. The first-order valence-electron chi connectivity index (χ1n) is 5.39. The van der Waals surface area contributed by atoms with Gasteiger partial charge in [0.25, 0.3) is 0 Å². The summed E-state index contributed by atoms with van der Waals surface area (Å²) in [4.78, 5) is 12.6. The van der Waals surface area contributed by atoms with Crippen molar-refractivity contribution >= 4 is 17.7 Å². The molecule has 2 aliphatic rings. The molecule has 4 nitrogen and oxygen atoms in total. The highest BCUT2D eigenvalue weighted by molar-refractivity contribution is 8.03. The van der Waals surface area contributed by atoms with Crippen LogP contribution in [-0.4, -0.2) is 17.4 Å². The van der Waals surface area contributed by atoms with Crippen molar-refractivity contribution in [1.82, 2.24) is 10.6 Å². The fourth-order valence-electron chi connectivity index (χ4n) is 1.99. The van der Waals surface area contributed by atoms with Crippen LogP contribution in [0.4, 0.5) is 0 Å². The summed E-state index contributed by atoms with van der Waals surface area (Å²) in [5.41, 5.74) is 7.09. The number of thioether (sulfide) groups is 1. The van der Waals surface area contributed by atoms with Crippen molar-refractivity contribution in [2.24, 2.45) is 5.73 Å². The molecule has 1 amide bonds. The maximum Gasteiger partial charge on any atom is 0.219 e. The normalized spacial score (nSPS) is 29.7. The molecule has 0 saturated carbocycles. The number of nitrogens with two attached hydrogens (primary N) is 1. The van der Waals surface area contributed by atoms with Gasteiger partial charge in [-0.15, -0.1) is 0 Å². The Morgan fingerprint density at radius 3 is 3.27 bits per heavy atom. The molecule has 0 spiro atoms. The molecule has 4 N–H and O–H groups in total. The minimum atomic E-state index is 0.00984. The van der Waals surface area contributed by atoms with Gasteiger partial charge in [-0.05, 0) is 12.8 Å². The van der Waals surface area contributed by atoms with Crippen molar-refractivity contribution in [3.8, 4) is 0 Å². The molecule has 84 valence electrons. The van der Waals surface area contributed by atoms with Gasteiger partial charge < -0.3 is 16.4 Å². The average Bonchev–Trinajstić information content (AvgIpc) is 2.57. The Labute approximate surface area is 94.0 Å². The van der Waals surface area contributed by atoms with Crippen LogP contribution in [0.25, 0.3) is 0 Å². The molecule has 1 aliphatic carbocycles. The number of carbonyl (C=O) groups excluding carboxylic acids is 1. The van der Waals surface area contributed by atoms with E-state index in [1.165, 1.54) is 10.6 Å². The van der Waals surface area contributed by atoms with E-state index in [4.69, 9.17) is 5.73 Å². The summed E-state index contributed by atoms with van der Waals surface area (Å²) in [7, 11) is 0. The molecule has 1 heterocycles. The highest BCUT2D eigenvalue weighted by Crippen LogP contribution is 2.37.